The zero-order chi connectivity index (χ0) is 14.4. The van der Waals surface area contributed by atoms with Gasteiger partial charge in [0.05, 0.1) is 16.2 Å². The van der Waals surface area contributed by atoms with Crippen molar-refractivity contribution in [1.82, 2.24) is 0 Å². The molecule has 0 unspecified atom stereocenters. The molecule has 6 heteroatoms. The van der Waals surface area contributed by atoms with E-state index >= 15 is 0 Å². The number of hydrogen-bond donors (Lipinski definition) is 1. The first-order valence-corrected chi connectivity index (χ1v) is 6.20. The molecule has 0 aromatic heterocycles. The second-order valence-corrected chi connectivity index (χ2v) is 4.39. The number of nitro groups is 1. The maximum atomic E-state index is 11.2. The Morgan fingerprint density at radius 2 is 2.11 bits per heavy atom. The standard InChI is InChI=1S/C13H18N2O4/c1-3-4-5-8-14(2)12-7-6-10(15(18)19)9-11(12)13(16)17/h6-7,9H,3-5,8H2,1-2H3,(H,16,17). The van der Waals surface area contributed by atoms with Crippen molar-refractivity contribution in [2.45, 2.75) is 26.2 Å². The van der Waals surface area contributed by atoms with Crippen LogP contribution in [0.15, 0.2) is 18.2 Å². The van der Waals surface area contributed by atoms with Crippen LogP contribution >= 0.6 is 0 Å². The van der Waals surface area contributed by atoms with Gasteiger partial charge in [-0.25, -0.2) is 4.79 Å². The normalized spacial score (nSPS) is 10.2. The summed E-state index contributed by atoms with van der Waals surface area (Å²) in [6, 6.07) is 3.93. The van der Waals surface area contributed by atoms with E-state index in [1.807, 2.05) is 4.90 Å². The number of hydrogen-bond acceptors (Lipinski definition) is 4. The van der Waals surface area contributed by atoms with Crippen LogP contribution in [0.1, 0.15) is 36.5 Å². The Hall–Kier alpha value is -2.11. The predicted octanol–water partition coefficient (Wildman–Crippen LogP) is 2.92. The van der Waals surface area contributed by atoms with Crippen molar-refractivity contribution in [1.29, 1.82) is 0 Å². The van der Waals surface area contributed by atoms with Gasteiger partial charge in [0.15, 0.2) is 0 Å². The minimum absolute atomic E-state index is 0.0341. The first kappa shape index (κ1) is 14.9. The summed E-state index contributed by atoms with van der Waals surface area (Å²) < 4.78 is 0. The van der Waals surface area contributed by atoms with Gasteiger partial charge in [0.25, 0.3) is 5.69 Å². The van der Waals surface area contributed by atoms with Gasteiger partial charge < -0.3 is 10.0 Å². The second kappa shape index (κ2) is 6.72. The fraction of sp³-hybridized carbons (Fsp3) is 0.462. The van der Waals surface area contributed by atoms with Gasteiger partial charge in [0, 0.05) is 25.7 Å². The number of unbranched alkanes of at least 4 members (excludes halogenated alkanes) is 2. The Kier molecular flexibility index (Phi) is 5.29. The van der Waals surface area contributed by atoms with Crippen LogP contribution in [-0.2, 0) is 0 Å². The summed E-state index contributed by atoms with van der Waals surface area (Å²) in [5.41, 5.74) is 0.269. The molecule has 0 atom stereocenters. The first-order chi connectivity index (χ1) is 8.97. The van der Waals surface area contributed by atoms with Crippen LogP contribution in [-0.4, -0.2) is 29.6 Å². The van der Waals surface area contributed by atoms with E-state index in [1.165, 1.54) is 12.1 Å². The van der Waals surface area contributed by atoms with Crippen LogP contribution in [0.5, 0.6) is 0 Å². The maximum Gasteiger partial charge on any atom is 0.338 e. The molecule has 104 valence electrons. The zero-order valence-corrected chi connectivity index (χ0v) is 11.1. The summed E-state index contributed by atoms with van der Waals surface area (Å²) in [6.07, 6.45) is 3.11. The molecule has 0 aliphatic carbocycles. The lowest BCUT2D eigenvalue weighted by molar-refractivity contribution is -0.384. The summed E-state index contributed by atoms with van der Waals surface area (Å²) in [7, 11) is 1.79. The quantitative estimate of drug-likeness (QED) is 0.466. The number of nitro benzene ring substituents is 1. The second-order valence-electron chi connectivity index (χ2n) is 4.39. The molecule has 1 aromatic rings. The van der Waals surface area contributed by atoms with Crippen molar-refractivity contribution in [3.8, 4) is 0 Å². The SMILES string of the molecule is CCCCCN(C)c1ccc([N+](=O)[O-])cc1C(=O)O. The molecule has 0 fully saturated rings. The summed E-state index contributed by atoms with van der Waals surface area (Å²) in [6.45, 7) is 2.82. The molecule has 0 heterocycles. The van der Waals surface area contributed by atoms with Crippen molar-refractivity contribution in [2.24, 2.45) is 0 Å². The molecule has 0 amide bonds. The summed E-state index contributed by atoms with van der Waals surface area (Å²) >= 11 is 0. The van der Waals surface area contributed by atoms with Gasteiger partial charge in [-0.1, -0.05) is 19.8 Å². The summed E-state index contributed by atoms with van der Waals surface area (Å²) in [4.78, 5) is 23.1. The van der Waals surface area contributed by atoms with Crippen LogP contribution in [0.25, 0.3) is 0 Å². The number of aromatic carboxylic acids is 1. The van der Waals surface area contributed by atoms with Crippen LogP contribution in [0, 0.1) is 10.1 Å². The van der Waals surface area contributed by atoms with Crippen molar-refractivity contribution in [3.63, 3.8) is 0 Å². The molecule has 0 aliphatic rings. The van der Waals surface area contributed by atoms with Crippen LogP contribution < -0.4 is 4.90 Å². The van der Waals surface area contributed by atoms with Gasteiger partial charge in [0.2, 0.25) is 0 Å². The molecule has 6 nitrogen and oxygen atoms in total. The number of nitrogens with zero attached hydrogens (tertiary/aromatic N) is 2. The highest BCUT2D eigenvalue weighted by Crippen LogP contribution is 2.25. The van der Waals surface area contributed by atoms with Crippen molar-refractivity contribution in [3.05, 3.63) is 33.9 Å². The zero-order valence-electron chi connectivity index (χ0n) is 11.1. The third-order valence-electron chi connectivity index (χ3n) is 2.93. The number of non-ortho nitro benzene ring substituents is 1. The van der Waals surface area contributed by atoms with E-state index < -0.39 is 10.9 Å². The lowest BCUT2D eigenvalue weighted by Crippen LogP contribution is -2.21. The molecule has 0 radical (unpaired) electrons. The molecule has 0 aliphatic heterocycles. The smallest absolute Gasteiger partial charge is 0.338 e. The van der Waals surface area contributed by atoms with E-state index in [1.54, 1.807) is 7.05 Å². The molecule has 1 N–H and O–H groups in total. The highest BCUT2D eigenvalue weighted by atomic mass is 16.6. The topological polar surface area (TPSA) is 83.7 Å². The van der Waals surface area contributed by atoms with Crippen molar-refractivity contribution in [2.75, 3.05) is 18.5 Å². The lowest BCUT2D eigenvalue weighted by atomic mass is 10.1. The number of anilines is 1. The Morgan fingerprint density at radius 3 is 2.63 bits per heavy atom. The molecule has 0 bridgehead atoms. The molecule has 0 saturated heterocycles. The van der Waals surface area contributed by atoms with E-state index in [4.69, 9.17) is 5.11 Å². The third kappa shape index (κ3) is 3.94. The molecule has 1 rings (SSSR count). The highest BCUT2D eigenvalue weighted by molar-refractivity contribution is 5.95. The summed E-state index contributed by atoms with van der Waals surface area (Å²) in [5.74, 6) is -1.15. The molecule has 0 spiro atoms. The Bertz CT molecular complexity index is 474. The highest BCUT2D eigenvalue weighted by Gasteiger charge is 2.18. The summed E-state index contributed by atoms with van der Waals surface area (Å²) in [5, 5.41) is 19.8. The van der Waals surface area contributed by atoms with Crippen LogP contribution in [0.3, 0.4) is 0 Å². The number of carboxylic acids is 1. The largest absolute Gasteiger partial charge is 0.478 e. The van der Waals surface area contributed by atoms with E-state index in [0.29, 0.717) is 5.69 Å². The van der Waals surface area contributed by atoms with E-state index in [0.717, 1.165) is 31.9 Å². The predicted molar refractivity (Wildman–Crippen MR) is 72.9 cm³/mol. The van der Waals surface area contributed by atoms with E-state index in [9.17, 15) is 14.9 Å². The van der Waals surface area contributed by atoms with E-state index in [-0.39, 0.29) is 11.3 Å². The Labute approximate surface area is 111 Å². The van der Waals surface area contributed by atoms with Gasteiger partial charge in [-0.3, -0.25) is 10.1 Å². The van der Waals surface area contributed by atoms with E-state index in [2.05, 4.69) is 6.92 Å². The molecular formula is C13H18N2O4. The molecule has 1 aromatic carbocycles. The van der Waals surface area contributed by atoms with Gasteiger partial charge in [0.1, 0.15) is 0 Å². The average molecular weight is 266 g/mol. The first-order valence-electron chi connectivity index (χ1n) is 6.20. The maximum absolute atomic E-state index is 11.2. The number of benzene rings is 1. The lowest BCUT2D eigenvalue weighted by Gasteiger charge is -2.20. The fourth-order valence-electron chi connectivity index (χ4n) is 1.86. The fourth-order valence-corrected chi connectivity index (χ4v) is 1.86. The van der Waals surface area contributed by atoms with Gasteiger partial charge in [-0.2, -0.15) is 0 Å². The Balaban J connectivity index is 2.99. The Morgan fingerprint density at radius 1 is 1.42 bits per heavy atom. The molecular weight excluding hydrogens is 248 g/mol. The van der Waals surface area contributed by atoms with Gasteiger partial charge in [-0.15, -0.1) is 0 Å². The number of carboxylic acid groups (broad SMARTS) is 1. The van der Waals surface area contributed by atoms with Crippen LogP contribution in [0.4, 0.5) is 11.4 Å². The molecule has 0 saturated carbocycles. The third-order valence-corrected chi connectivity index (χ3v) is 2.93. The minimum Gasteiger partial charge on any atom is -0.478 e. The average Bonchev–Trinajstić information content (AvgIpc) is 2.38. The van der Waals surface area contributed by atoms with Crippen molar-refractivity contribution >= 4 is 17.3 Å². The minimum atomic E-state index is -1.15. The monoisotopic (exact) mass is 266 g/mol. The number of carbonyl (C=O) groups is 1. The van der Waals surface area contributed by atoms with Crippen molar-refractivity contribution < 1.29 is 14.8 Å². The van der Waals surface area contributed by atoms with Gasteiger partial charge in [-0.05, 0) is 12.5 Å². The number of rotatable bonds is 7. The molecule has 19 heavy (non-hydrogen) atoms. The van der Waals surface area contributed by atoms with Gasteiger partial charge >= 0.3 is 5.97 Å². The van der Waals surface area contributed by atoms with Crippen LogP contribution in [0.2, 0.25) is 0 Å².